The van der Waals surface area contributed by atoms with E-state index in [-0.39, 0.29) is 5.91 Å². The number of nitrogens with one attached hydrogen (secondary N) is 2. The molecular formula is C18H22N4O2. The van der Waals surface area contributed by atoms with E-state index in [1.165, 1.54) is 17.5 Å². The molecular weight excluding hydrogens is 304 g/mol. The van der Waals surface area contributed by atoms with Gasteiger partial charge >= 0.3 is 0 Å². The van der Waals surface area contributed by atoms with E-state index in [1.54, 1.807) is 25.5 Å². The van der Waals surface area contributed by atoms with Gasteiger partial charge in [-0.15, -0.1) is 0 Å². The minimum Gasteiger partial charge on any atom is -0.481 e. The molecule has 1 aromatic carbocycles. The SMILES string of the molecule is C[C@H](Oc1ccc2c(c1)CCC2)C(=O)NCCNc1cnccn1. The van der Waals surface area contributed by atoms with Crippen LogP contribution in [0.3, 0.4) is 0 Å². The minimum atomic E-state index is -0.527. The van der Waals surface area contributed by atoms with Gasteiger partial charge in [0, 0.05) is 25.5 Å². The van der Waals surface area contributed by atoms with E-state index < -0.39 is 6.10 Å². The van der Waals surface area contributed by atoms with Crippen molar-refractivity contribution in [1.82, 2.24) is 15.3 Å². The predicted octanol–water partition coefficient (Wildman–Crippen LogP) is 1.96. The molecule has 6 nitrogen and oxygen atoms in total. The molecule has 0 bridgehead atoms. The number of hydrogen-bond acceptors (Lipinski definition) is 5. The Morgan fingerprint density at radius 1 is 1.25 bits per heavy atom. The number of rotatable bonds is 7. The first kappa shape index (κ1) is 16.2. The average Bonchev–Trinajstić information content (AvgIpc) is 3.07. The minimum absolute atomic E-state index is 0.128. The summed E-state index contributed by atoms with van der Waals surface area (Å²) in [5, 5.41) is 5.94. The summed E-state index contributed by atoms with van der Waals surface area (Å²) in [7, 11) is 0. The number of anilines is 1. The number of amides is 1. The Morgan fingerprint density at radius 2 is 2.12 bits per heavy atom. The molecule has 0 radical (unpaired) electrons. The third-order valence-electron chi connectivity index (χ3n) is 4.05. The van der Waals surface area contributed by atoms with Crippen LogP contribution in [0.15, 0.2) is 36.8 Å². The number of ether oxygens (including phenoxy) is 1. The summed E-state index contributed by atoms with van der Waals surface area (Å²) in [6.07, 6.45) is 7.79. The molecule has 1 atom stereocenters. The van der Waals surface area contributed by atoms with Crippen molar-refractivity contribution in [3.63, 3.8) is 0 Å². The Balaban J connectivity index is 1.41. The van der Waals surface area contributed by atoms with Gasteiger partial charge in [-0.3, -0.25) is 9.78 Å². The van der Waals surface area contributed by atoms with E-state index in [2.05, 4.69) is 32.7 Å². The molecule has 1 aromatic heterocycles. The first-order valence-corrected chi connectivity index (χ1v) is 8.28. The lowest BCUT2D eigenvalue weighted by Gasteiger charge is -2.15. The molecule has 0 aliphatic heterocycles. The van der Waals surface area contributed by atoms with E-state index >= 15 is 0 Å². The second kappa shape index (κ2) is 7.77. The highest BCUT2D eigenvalue weighted by atomic mass is 16.5. The lowest BCUT2D eigenvalue weighted by atomic mass is 10.1. The van der Waals surface area contributed by atoms with Gasteiger partial charge in [-0.1, -0.05) is 6.07 Å². The van der Waals surface area contributed by atoms with Gasteiger partial charge in [-0.2, -0.15) is 0 Å². The fourth-order valence-electron chi connectivity index (χ4n) is 2.79. The summed E-state index contributed by atoms with van der Waals surface area (Å²) in [6, 6.07) is 6.11. The summed E-state index contributed by atoms with van der Waals surface area (Å²) in [6.45, 7) is 2.84. The Morgan fingerprint density at radius 3 is 2.96 bits per heavy atom. The van der Waals surface area contributed by atoms with Crippen LogP contribution in [-0.2, 0) is 17.6 Å². The van der Waals surface area contributed by atoms with Crippen molar-refractivity contribution in [3.8, 4) is 5.75 Å². The van der Waals surface area contributed by atoms with Crippen molar-refractivity contribution in [2.45, 2.75) is 32.3 Å². The maximum absolute atomic E-state index is 12.1. The van der Waals surface area contributed by atoms with Crippen LogP contribution >= 0.6 is 0 Å². The molecule has 0 fully saturated rings. The van der Waals surface area contributed by atoms with Crippen molar-refractivity contribution in [2.24, 2.45) is 0 Å². The molecule has 0 spiro atoms. The molecule has 1 amide bonds. The number of hydrogen-bond donors (Lipinski definition) is 2. The van der Waals surface area contributed by atoms with Gasteiger partial charge in [0.05, 0.1) is 6.20 Å². The number of benzene rings is 1. The standard InChI is InChI=1S/C18H22N4O2/c1-13(24-16-6-5-14-3-2-4-15(14)11-16)18(23)22-10-9-21-17-12-19-7-8-20-17/h5-8,11-13H,2-4,9-10H2,1H3,(H,20,21)(H,22,23)/t13-/m0/s1. The van der Waals surface area contributed by atoms with E-state index in [0.29, 0.717) is 18.9 Å². The van der Waals surface area contributed by atoms with Gasteiger partial charge < -0.3 is 15.4 Å². The fourth-order valence-corrected chi connectivity index (χ4v) is 2.79. The molecule has 0 saturated carbocycles. The zero-order valence-corrected chi connectivity index (χ0v) is 13.8. The number of fused-ring (bicyclic) bond motifs is 1. The second-order valence-corrected chi connectivity index (χ2v) is 5.85. The number of aromatic nitrogens is 2. The Labute approximate surface area is 141 Å². The van der Waals surface area contributed by atoms with Gasteiger partial charge in [0.15, 0.2) is 6.10 Å². The number of carbonyl (C=O) groups is 1. The molecule has 126 valence electrons. The lowest BCUT2D eigenvalue weighted by molar-refractivity contribution is -0.127. The zero-order chi connectivity index (χ0) is 16.8. The Kier molecular flexibility index (Phi) is 5.25. The van der Waals surface area contributed by atoms with Crippen LogP contribution in [0.5, 0.6) is 5.75 Å². The largest absolute Gasteiger partial charge is 0.481 e. The van der Waals surface area contributed by atoms with Crippen molar-refractivity contribution < 1.29 is 9.53 Å². The van der Waals surface area contributed by atoms with Gasteiger partial charge in [0.2, 0.25) is 0 Å². The van der Waals surface area contributed by atoms with Crippen LogP contribution in [0.2, 0.25) is 0 Å². The van der Waals surface area contributed by atoms with Crippen molar-refractivity contribution in [2.75, 3.05) is 18.4 Å². The van der Waals surface area contributed by atoms with Crippen LogP contribution in [0.25, 0.3) is 0 Å². The summed E-state index contributed by atoms with van der Waals surface area (Å²) >= 11 is 0. The molecule has 2 N–H and O–H groups in total. The second-order valence-electron chi connectivity index (χ2n) is 5.85. The molecule has 0 unspecified atom stereocenters. The monoisotopic (exact) mass is 326 g/mol. The first-order chi connectivity index (χ1) is 11.7. The quantitative estimate of drug-likeness (QED) is 0.761. The Bertz CT molecular complexity index is 691. The molecule has 2 aromatic rings. The molecule has 3 rings (SSSR count). The van der Waals surface area contributed by atoms with Crippen LogP contribution in [0, 0.1) is 0 Å². The highest BCUT2D eigenvalue weighted by Crippen LogP contribution is 2.26. The van der Waals surface area contributed by atoms with E-state index in [0.717, 1.165) is 18.6 Å². The predicted molar refractivity (Wildman–Crippen MR) is 92.1 cm³/mol. The normalized spacial score (nSPS) is 13.9. The average molecular weight is 326 g/mol. The third kappa shape index (κ3) is 4.22. The van der Waals surface area contributed by atoms with Crippen LogP contribution in [0.4, 0.5) is 5.82 Å². The van der Waals surface area contributed by atoms with Gasteiger partial charge in [0.1, 0.15) is 11.6 Å². The molecule has 1 aliphatic rings. The fraction of sp³-hybridized carbons (Fsp3) is 0.389. The first-order valence-electron chi connectivity index (χ1n) is 8.28. The summed E-state index contributed by atoms with van der Waals surface area (Å²) in [5.74, 6) is 1.32. The van der Waals surface area contributed by atoms with Gasteiger partial charge in [-0.05, 0) is 49.4 Å². The number of carbonyl (C=O) groups excluding carboxylic acids is 1. The maximum Gasteiger partial charge on any atom is 0.260 e. The van der Waals surface area contributed by atoms with E-state index in [4.69, 9.17) is 4.74 Å². The Hall–Kier alpha value is -2.63. The summed E-state index contributed by atoms with van der Waals surface area (Å²) < 4.78 is 5.76. The summed E-state index contributed by atoms with van der Waals surface area (Å²) in [4.78, 5) is 20.2. The van der Waals surface area contributed by atoms with Crippen LogP contribution in [-0.4, -0.2) is 35.1 Å². The highest BCUT2D eigenvalue weighted by Gasteiger charge is 2.16. The highest BCUT2D eigenvalue weighted by molar-refractivity contribution is 5.80. The van der Waals surface area contributed by atoms with Crippen molar-refractivity contribution in [1.29, 1.82) is 0 Å². The zero-order valence-electron chi connectivity index (χ0n) is 13.8. The van der Waals surface area contributed by atoms with Gasteiger partial charge in [-0.25, -0.2) is 4.98 Å². The van der Waals surface area contributed by atoms with Crippen molar-refractivity contribution >= 4 is 11.7 Å². The molecule has 6 heteroatoms. The summed E-state index contributed by atoms with van der Waals surface area (Å²) in [5.41, 5.74) is 2.74. The van der Waals surface area contributed by atoms with Gasteiger partial charge in [0.25, 0.3) is 5.91 Å². The van der Waals surface area contributed by atoms with Crippen LogP contribution in [0.1, 0.15) is 24.5 Å². The number of nitrogens with zero attached hydrogens (tertiary/aromatic N) is 2. The van der Waals surface area contributed by atoms with Crippen LogP contribution < -0.4 is 15.4 Å². The molecule has 24 heavy (non-hydrogen) atoms. The maximum atomic E-state index is 12.1. The topological polar surface area (TPSA) is 76.1 Å². The molecule has 1 aliphatic carbocycles. The van der Waals surface area contributed by atoms with Crippen molar-refractivity contribution in [3.05, 3.63) is 47.9 Å². The lowest BCUT2D eigenvalue weighted by Crippen LogP contribution is -2.38. The third-order valence-corrected chi connectivity index (χ3v) is 4.05. The smallest absolute Gasteiger partial charge is 0.260 e. The number of aryl methyl sites for hydroxylation is 2. The van der Waals surface area contributed by atoms with E-state index in [1.807, 2.05) is 6.07 Å². The molecule has 0 saturated heterocycles. The molecule has 1 heterocycles. The van der Waals surface area contributed by atoms with E-state index in [9.17, 15) is 4.79 Å².